The summed E-state index contributed by atoms with van der Waals surface area (Å²) in [4.78, 5) is 14.1. The largest absolute Gasteiger partial charge is 0.461 e. The minimum Gasteiger partial charge on any atom is -0.461 e. The number of esters is 1. The molecule has 2 aromatic carbocycles. The maximum Gasteiger partial charge on any atom is 0.306 e. The third kappa shape index (κ3) is 4.70. The second-order valence-electron chi connectivity index (χ2n) is 7.18. The second kappa shape index (κ2) is 8.30. The van der Waals surface area contributed by atoms with Crippen molar-refractivity contribution in [2.75, 3.05) is 0 Å². The molecule has 0 aromatic heterocycles. The van der Waals surface area contributed by atoms with E-state index in [1.165, 1.54) is 11.1 Å². The number of cyclic esters (lactones) is 1. The third-order valence-electron chi connectivity index (χ3n) is 4.86. The van der Waals surface area contributed by atoms with Crippen LogP contribution in [0.2, 0.25) is 0 Å². The van der Waals surface area contributed by atoms with E-state index in [0.717, 1.165) is 19.5 Å². The van der Waals surface area contributed by atoms with Crippen LogP contribution in [0.3, 0.4) is 0 Å². The summed E-state index contributed by atoms with van der Waals surface area (Å²) in [7, 11) is 0. The van der Waals surface area contributed by atoms with Gasteiger partial charge in [-0.05, 0) is 23.5 Å². The van der Waals surface area contributed by atoms with E-state index in [4.69, 9.17) is 4.74 Å². The van der Waals surface area contributed by atoms with E-state index in [0.29, 0.717) is 12.3 Å². The predicted molar refractivity (Wildman–Crippen MR) is 99.9 cm³/mol. The Hall–Kier alpha value is -2.13. The topological polar surface area (TPSA) is 29.5 Å². The van der Waals surface area contributed by atoms with Crippen LogP contribution in [0, 0.1) is 5.92 Å². The van der Waals surface area contributed by atoms with Crippen LogP contribution in [0.4, 0.5) is 0 Å². The van der Waals surface area contributed by atoms with Gasteiger partial charge in [0, 0.05) is 25.6 Å². The van der Waals surface area contributed by atoms with Gasteiger partial charge in [0.2, 0.25) is 0 Å². The Kier molecular flexibility index (Phi) is 5.87. The van der Waals surface area contributed by atoms with Crippen molar-refractivity contribution in [1.82, 2.24) is 4.90 Å². The number of ether oxygens (including phenoxy) is 1. The molecule has 25 heavy (non-hydrogen) atoms. The molecule has 2 atom stereocenters. The lowest BCUT2D eigenvalue weighted by Crippen LogP contribution is -2.46. The monoisotopic (exact) mass is 337 g/mol. The Bertz CT molecular complexity index is 627. The molecule has 0 aliphatic carbocycles. The molecular formula is C22H27NO2. The van der Waals surface area contributed by atoms with E-state index in [1.807, 2.05) is 12.1 Å². The van der Waals surface area contributed by atoms with Gasteiger partial charge in [0.15, 0.2) is 0 Å². The Morgan fingerprint density at radius 2 is 1.48 bits per heavy atom. The van der Waals surface area contributed by atoms with Crippen molar-refractivity contribution >= 4 is 5.97 Å². The van der Waals surface area contributed by atoms with Crippen LogP contribution in [0.25, 0.3) is 0 Å². The van der Waals surface area contributed by atoms with E-state index in [2.05, 4.69) is 67.3 Å². The van der Waals surface area contributed by atoms with Gasteiger partial charge in [0.1, 0.15) is 6.10 Å². The number of nitrogens with zero attached hydrogens (tertiary/aromatic N) is 1. The molecule has 0 bridgehead atoms. The minimum absolute atomic E-state index is 0.0140. The van der Waals surface area contributed by atoms with Gasteiger partial charge < -0.3 is 4.74 Å². The fourth-order valence-electron chi connectivity index (χ4n) is 3.78. The molecule has 1 heterocycles. The summed E-state index contributed by atoms with van der Waals surface area (Å²) >= 11 is 0. The van der Waals surface area contributed by atoms with Gasteiger partial charge in [-0.2, -0.15) is 0 Å². The molecule has 3 heteroatoms. The Balaban J connectivity index is 1.85. The second-order valence-corrected chi connectivity index (χ2v) is 7.18. The summed E-state index contributed by atoms with van der Waals surface area (Å²) in [6, 6.07) is 21.3. The van der Waals surface area contributed by atoms with Crippen molar-refractivity contribution in [3.05, 3.63) is 71.8 Å². The smallest absolute Gasteiger partial charge is 0.306 e. The highest BCUT2D eigenvalue weighted by molar-refractivity contribution is 5.71. The van der Waals surface area contributed by atoms with Crippen LogP contribution < -0.4 is 0 Å². The van der Waals surface area contributed by atoms with Crippen LogP contribution in [-0.2, 0) is 22.6 Å². The maximum atomic E-state index is 11.7. The normalized spacial score (nSPS) is 18.6. The first-order valence-electron chi connectivity index (χ1n) is 9.15. The average Bonchev–Trinajstić information content (AvgIpc) is 3.02. The standard InChI is InChI=1S/C22H27NO2/c1-17(2)22(20-13-14-21(24)25-20)23(15-18-9-5-3-6-10-18)16-19-11-7-4-8-12-19/h3-12,17,20,22H,13-16H2,1-2H3/t20-,22-/m0/s1. The van der Waals surface area contributed by atoms with Gasteiger partial charge in [-0.25, -0.2) is 0 Å². The molecule has 1 aliphatic heterocycles. The number of benzene rings is 2. The Morgan fingerprint density at radius 1 is 0.960 bits per heavy atom. The van der Waals surface area contributed by atoms with Crippen molar-refractivity contribution in [1.29, 1.82) is 0 Å². The van der Waals surface area contributed by atoms with Crippen LogP contribution in [0.1, 0.15) is 37.8 Å². The van der Waals surface area contributed by atoms with Crippen molar-refractivity contribution in [2.45, 2.75) is 51.9 Å². The molecule has 132 valence electrons. The molecule has 0 N–H and O–H groups in total. The highest BCUT2D eigenvalue weighted by Crippen LogP contribution is 2.28. The lowest BCUT2D eigenvalue weighted by atomic mass is 9.93. The van der Waals surface area contributed by atoms with Gasteiger partial charge in [0.25, 0.3) is 0 Å². The number of rotatable bonds is 7. The van der Waals surface area contributed by atoms with Crippen LogP contribution in [0.15, 0.2) is 60.7 Å². The van der Waals surface area contributed by atoms with Crippen molar-refractivity contribution in [3.63, 3.8) is 0 Å². The van der Waals surface area contributed by atoms with E-state index >= 15 is 0 Å². The number of carbonyl (C=O) groups is 1. The summed E-state index contributed by atoms with van der Waals surface area (Å²) in [5.74, 6) is 0.346. The number of hydrogen-bond acceptors (Lipinski definition) is 3. The van der Waals surface area contributed by atoms with Gasteiger partial charge in [-0.1, -0.05) is 74.5 Å². The third-order valence-corrected chi connectivity index (χ3v) is 4.86. The lowest BCUT2D eigenvalue weighted by molar-refractivity contribution is -0.144. The van der Waals surface area contributed by atoms with Crippen LogP contribution in [0.5, 0.6) is 0 Å². The summed E-state index contributed by atoms with van der Waals surface area (Å²) in [5.41, 5.74) is 2.57. The SMILES string of the molecule is CC(C)[C@@H]([C@@H]1CCC(=O)O1)N(Cc1ccccc1)Cc1ccccc1. The fraction of sp³-hybridized carbons (Fsp3) is 0.409. The summed E-state index contributed by atoms with van der Waals surface area (Å²) in [5, 5.41) is 0. The molecule has 1 fully saturated rings. The summed E-state index contributed by atoms with van der Waals surface area (Å²) in [6.07, 6.45) is 1.35. The number of carbonyl (C=O) groups excluding carboxylic acids is 1. The van der Waals surface area contributed by atoms with E-state index in [9.17, 15) is 4.79 Å². The molecule has 1 saturated heterocycles. The first-order valence-corrected chi connectivity index (χ1v) is 9.15. The van der Waals surface area contributed by atoms with E-state index in [-0.39, 0.29) is 18.1 Å². The first kappa shape index (κ1) is 17.7. The van der Waals surface area contributed by atoms with Gasteiger partial charge >= 0.3 is 5.97 Å². The molecule has 0 amide bonds. The van der Waals surface area contributed by atoms with Crippen LogP contribution in [-0.4, -0.2) is 23.0 Å². The molecule has 0 saturated carbocycles. The molecule has 3 nitrogen and oxygen atoms in total. The summed E-state index contributed by atoms with van der Waals surface area (Å²) in [6.45, 7) is 6.15. The van der Waals surface area contributed by atoms with Crippen molar-refractivity contribution < 1.29 is 9.53 Å². The highest BCUT2D eigenvalue weighted by Gasteiger charge is 2.36. The van der Waals surface area contributed by atoms with E-state index in [1.54, 1.807) is 0 Å². The molecule has 1 aliphatic rings. The molecule has 0 radical (unpaired) electrons. The molecule has 0 spiro atoms. The Morgan fingerprint density at radius 3 is 1.88 bits per heavy atom. The fourth-order valence-corrected chi connectivity index (χ4v) is 3.78. The lowest BCUT2D eigenvalue weighted by Gasteiger charge is -2.37. The molecule has 3 rings (SSSR count). The highest BCUT2D eigenvalue weighted by atomic mass is 16.6. The molecule has 2 aromatic rings. The van der Waals surface area contributed by atoms with Crippen molar-refractivity contribution in [3.8, 4) is 0 Å². The molecule has 0 unspecified atom stereocenters. The zero-order chi connectivity index (χ0) is 17.6. The quantitative estimate of drug-likeness (QED) is 0.701. The zero-order valence-electron chi connectivity index (χ0n) is 15.1. The molecular weight excluding hydrogens is 310 g/mol. The van der Waals surface area contributed by atoms with Crippen LogP contribution >= 0.6 is 0 Å². The first-order chi connectivity index (χ1) is 12.1. The van der Waals surface area contributed by atoms with E-state index < -0.39 is 0 Å². The maximum absolute atomic E-state index is 11.7. The zero-order valence-corrected chi connectivity index (χ0v) is 15.1. The predicted octanol–water partition coefficient (Wildman–Crippen LogP) is 4.42. The van der Waals surface area contributed by atoms with Gasteiger partial charge in [-0.15, -0.1) is 0 Å². The minimum atomic E-state index is -0.0602. The average molecular weight is 337 g/mol. The van der Waals surface area contributed by atoms with Crippen molar-refractivity contribution in [2.24, 2.45) is 5.92 Å². The Labute approximate surface area is 150 Å². The van der Waals surface area contributed by atoms with Gasteiger partial charge in [0.05, 0.1) is 0 Å². The van der Waals surface area contributed by atoms with Gasteiger partial charge in [-0.3, -0.25) is 9.69 Å². The summed E-state index contributed by atoms with van der Waals surface area (Å²) < 4.78 is 5.66. The number of hydrogen-bond donors (Lipinski definition) is 0.